The van der Waals surface area contributed by atoms with Gasteiger partial charge in [0.25, 0.3) is 0 Å². The Kier molecular flexibility index (Phi) is 8.37. The molecular weight excluding hydrogens is 558 g/mol. The third-order valence-electron chi connectivity index (χ3n) is 7.76. The van der Waals surface area contributed by atoms with Crippen LogP contribution in [0.3, 0.4) is 0 Å². The van der Waals surface area contributed by atoms with Gasteiger partial charge in [-0.2, -0.15) is 0 Å². The minimum atomic E-state index is -1.16. The molecule has 0 saturated carbocycles. The molecule has 1 aromatic heterocycles. The Morgan fingerprint density at radius 3 is 2.61 bits per heavy atom. The van der Waals surface area contributed by atoms with E-state index in [2.05, 4.69) is 55.7 Å². The second-order valence-corrected chi connectivity index (χ2v) is 13.9. The van der Waals surface area contributed by atoms with Gasteiger partial charge >= 0.3 is 0 Å². The zero-order valence-corrected chi connectivity index (χ0v) is 25.0. The Balaban J connectivity index is 1.19. The van der Waals surface area contributed by atoms with Crippen molar-refractivity contribution in [2.24, 2.45) is 11.1 Å². The van der Waals surface area contributed by atoms with E-state index in [0.29, 0.717) is 11.4 Å². The van der Waals surface area contributed by atoms with Gasteiger partial charge in [-0.15, -0.1) is 0 Å². The fourth-order valence-electron chi connectivity index (χ4n) is 5.49. The van der Waals surface area contributed by atoms with Gasteiger partial charge < -0.3 is 15.4 Å². The van der Waals surface area contributed by atoms with Crippen LogP contribution in [0.2, 0.25) is 5.02 Å². The first-order chi connectivity index (χ1) is 19.6. The number of benzene rings is 2. The van der Waals surface area contributed by atoms with Crippen molar-refractivity contribution in [3.05, 3.63) is 82.3 Å². The Bertz CT molecular complexity index is 1520. The van der Waals surface area contributed by atoms with Crippen LogP contribution in [0.4, 0.5) is 5.82 Å². The van der Waals surface area contributed by atoms with E-state index < -0.39 is 16.9 Å². The van der Waals surface area contributed by atoms with Crippen molar-refractivity contribution < 1.29 is 13.7 Å². The molecular formula is C31H34ClN5O3S. The van der Waals surface area contributed by atoms with Crippen LogP contribution in [0.1, 0.15) is 66.8 Å². The van der Waals surface area contributed by atoms with Crippen LogP contribution >= 0.6 is 11.6 Å². The number of hydrogen-bond acceptors (Lipinski definition) is 6. The largest absolute Gasteiger partial charge is 0.481 e. The van der Waals surface area contributed by atoms with E-state index >= 15 is 0 Å². The molecule has 1 amide bonds. The number of anilines is 1. The lowest BCUT2D eigenvalue weighted by Crippen LogP contribution is -2.48. The van der Waals surface area contributed by atoms with E-state index in [-0.39, 0.29) is 33.4 Å². The number of primary amides is 1. The van der Waals surface area contributed by atoms with Gasteiger partial charge in [0.15, 0.2) is 0 Å². The number of carbonyl (C=O) groups is 1. The molecule has 41 heavy (non-hydrogen) atoms. The van der Waals surface area contributed by atoms with E-state index in [4.69, 9.17) is 22.1 Å². The van der Waals surface area contributed by atoms with Gasteiger partial charge in [-0.25, -0.2) is 18.9 Å². The summed E-state index contributed by atoms with van der Waals surface area (Å²) >= 11 is 6.06. The van der Waals surface area contributed by atoms with Crippen molar-refractivity contribution in [2.45, 2.75) is 50.8 Å². The summed E-state index contributed by atoms with van der Waals surface area (Å²) < 4.78 is 21.9. The van der Waals surface area contributed by atoms with Gasteiger partial charge in [0.05, 0.1) is 44.8 Å². The number of nitrogens with zero attached hydrogens (tertiary/aromatic N) is 3. The maximum absolute atomic E-state index is 13.1. The molecule has 0 radical (unpaired) electrons. The number of amides is 1. The van der Waals surface area contributed by atoms with Gasteiger partial charge in [0, 0.05) is 13.1 Å². The first-order valence-corrected chi connectivity index (χ1v) is 15.1. The van der Waals surface area contributed by atoms with Crippen LogP contribution in [-0.2, 0) is 17.4 Å². The Morgan fingerprint density at radius 2 is 1.95 bits per heavy atom. The van der Waals surface area contributed by atoms with Gasteiger partial charge in [0.2, 0.25) is 5.91 Å². The third-order valence-corrected chi connectivity index (χ3v) is 9.63. The lowest BCUT2D eigenvalue weighted by Gasteiger charge is -2.44. The highest BCUT2D eigenvalue weighted by Crippen LogP contribution is 2.52. The number of rotatable bonds is 6. The van der Waals surface area contributed by atoms with Crippen molar-refractivity contribution in [1.82, 2.24) is 14.7 Å². The molecule has 10 heteroatoms. The molecule has 2 unspecified atom stereocenters. The molecule has 3 aromatic rings. The molecule has 2 heterocycles. The first-order valence-electron chi connectivity index (χ1n) is 13.6. The summed E-state index contributed by atoms with van der Waals surface area (Å²) in [6.07, 6.45) is 6.35. The number of ether oxygens (including phenoxy) is 1. The molecule has 1 fully saturated rings. The lowest BCUT2D eigenvalue weighted by atomic mass is 9.73. The molecule has 2 aromatic carbocycles. The molecule has 2 atom stereocenters. The third kappa shape index (κ3) is 6.40. The molecule has 2 aliphatic rings. The highest BCUT2D eigenvalue weighted by Gasteiger charge is 2.48. The van der Waals surface area contributed by atoms with E-state index in [1.165, 1.54) is 23.3 Å². The summed E-state index contributed by atoms with van der Waals surface area (Å²) in [7, 11) is -1.16. The second kappa shape index (κ2) is 11.8. The maximum Gasteiger partial charge on any atom is 0.250 e. The summed E-state index contributed by atoms with van der Waals surface area (Å²) in [4.78, 5) is 22.7. The van der Waals surface area contributed by atoms with Crippen molar-refractivity contribution in [1.29, 1.82) is 0 Å². The quantitative estimate of drug-likeness (QED) is 0.406. The fraction of sp³-hybridized carbons (Fsp3) is 0.387. The molecule has 1 aliphatic heterocycles. The zero-order chi connectivity index (χ0) is 29.2. The number of fused-ring (bicyclic) bond motifs is 1. The second-order valence-electron chi connectivity index (χ2n) is 11.5. The minimum absolute atomic E-state index is 0.0182. The van der Waals surface area contributed by atoms with E-state index in [1.54, 1.807) is 18.5 Å². The Hall–Kier alpha value is -3.45. The molecule has 1 aliphatic carbocycles. The number of nitrogens with one attached hydrogen (secondary N) is 1. The van der Waals surface area contributed by atoms with Gasteiger partial charge in [-0.1, -0.05) is 41.8 Å². The van der Waals surface area contributed by atoms with Crippen LogP contribution < -0.4 is 20.1 Å². The Labute approximate surface area is 248 Å². The summed E-state index contributed by atoms with van der Waals surface area (Å²) in [5.41, 5.74) is 8.70. The maximum atomic E-state index is 13.1. The summed E-state index contributed by atoms with van der Waals surface area (Å²) in [5.74, 6) is 6.61. The smallest absolute Gasteiger partial charge is 0.250 e. The van der Waals surface area contributed by atoms with Crippen LogP contribution in [0.15, 0.2) is 54.9 Å². The van der Waals surface area contributed by atoms with Crippen molar-refractivity contribution in [3.8, 4) is 17.6 Å². The molecule has 8 nitrogen and oxygen atoms in total. The SMILES string of the molecule is CC(C)(C)S(=O)NC1c2ccccc2CC12CCN(c1cnc(C#CCOc3ccc(C(N)=O)c(Cl)c3)cn1)CC2. The average molecular weight is 592 g/mol. The highest BCUT2D eigenvalue weighted by atomic mass is 35.5. The topological polar surface area (TPSA) is 110 Å². The highest BCUT2D eigenvalue weighted by molar-refractivity contribution is 7.84. The lowest BCUT2D eigenvalue weighted by molar-refractivity contribution is 0.100. The minimum Gasteiger partial charge on any atom is -0.481 e. The van der Waals surface area contributed by atoms with Crippen molar-refractivity contribution in [3.63, 3.8) is 0 Å². The van der Waals surface area contributed by atoms with Crippen LogP contribution in [0.25, 0.3) is 0 Å². The van der Waals surface area contributed by atoms with Crippen LogP contribution in [0.5, 0.6) is 5.75 Å². The molecule has 1 saturated heterocycles. The predicted molar refractivity (Wildman–Crippen MR) is 162 cm³/mol. The van der Waals surface area contributed by atoms with Crippen molar-refractivity contribution in [2.75, 3.05) is 24.6 Å². The average Bonchev–Trinajstić information content (AvgIpc) is 3.23. The summed E-state index contributed by atoms with van der Waals surface area (Å²) in [6.45, 7) is 7.84. The Morgan fingerprint density at radius 1 is 1.20 bits per heavy atom. The molecule has 3 N–H and O–H groups in total. The number of piperidine rings is 1. The number of hydrogen-bond donors (Lipinski definition) is 2. The molecule has 214 valence electrons. The molecule has 1 spiro atoms. The predicted octanol–water partition coefficient (Wildman–Crippen LogP) is 4.60. The number of aromatic nitrogens is 2. The van der Waals surface area contributed by atoms with Gasteiger partial charge in [0.1, 0.15) is 23.9 Å². The van der Waals surface area contributed by atoms with Gasteiger partial charge in [-0.3, -0.25) is 4.79 Å². The van der Waals surface area contributed by atoms with Gasteiger partial charge in [-0.05, 0) is 80.7 Å². The van der Waals surface area contributed by atoms with E-state index in [1.807, 2.05) is 20.8 Å². The monoisotopic (exact) mass is 591 g/mol. The normalized spacial score (nSPS) is 18.3. The standard InChI is InChI=1S/C31H34ClN5O3S/c1-30(2,3)41(39)36-28-24-9-5-4-7-21(24)18-31(28)12-14-37(15-13-31)27-20-34-22(19-35-27)8-6-16-40-23-10-11-25(29(33)38)26(32)17-23/h4-5,7,9-11,17,19-20,28,36H,12-16,18H2,1-3H3,(H2,33,38). The van der Waals surface area contributed by atoms with E-state index in [9.17, 15) is 9.00 Å². The molecule has 0 bridgehead atoms. The number of nitrogens with two attached hydrogens (primary N) is 1. The summed E-state index contributed by atoms with van der Waals surface area (Å²) in [5, 5.41) is 0.233. The van der Waals surface area contributed by atoms with Crippen molar-refractivity contribution >= 4 is 34.3 Å². The fourth-order valence-corrected chi connectivity index (χ4v) is 6.70. The number of halogens is 1. The molecule has 5 rings (SSSR count). The number of carbonyl (C=O) groups excluding carboxylic acids is 1. The summed E-state index contributed by atoms with van der Waals surface area (Å²) in [6, 6.07) is 13.3. The zero-order valence-electron chi connectivity index (χ0n) is 23.4. The van der Waals surface area contributed by atoms with Crippen LogP contribution in [-0.4, -0.2) is 44.5 Å². The van der Waals surface area contributed by atoms with E-state index in [0.717, 1.165) is 38.2 Å². The van der Waals surface area contributed by atoms with Crippen LogP contribution in [0, 0.1) is 17.3 Å². The first kappa shape index (κ1) is 29.1.